The number of thiophene rings is 1. The molecule has 3 N–H and O–H groups in total. The van der Waals surface area contributed by atoms with Gasteiger partial charge >= 0.3 is 5.97 Å². The number of hydrogen-bond donors (Lipinski definition) is 3. The highest BCUT2D eigenvalue weighted by molar-refractivity contribution is 7.12. The second-order valence-electron chi connectivity index (χ2n) is 4.15. The topological polar surface area (TPSA) is 95.1 Å². The van der Waals surface area contributed by atoms with Crippen molar-refractivity contribution in [2.24, 2.45) is 0 Å². The van der Waals surface area contributed by atoms with E-state index in [9.17, 15) is 9.59 Å². The van der Waals surface area contributed by atoms with Crippen LogP contribution in [0.2, 0.25) is 0 Å². The van der Waals surface area contributed by atoms with Crippen LogP contribution in [-0.4, -0.2) is 27.2 Å². The smallest absolute Gasteiger partial charge is 0.356 e. The molecule has 0 aromatic carbocycles. The number of nitrogens with one attached hydrogen (secondary N) is 2. The van der Waals surface area contributed by atoms with Crippen LogP contribution in [0, 0.1) is 13.8 Å². The van der Waals surface area contributed by atoms with Gasteiger partial charge in [-0.15, -0.1) is 11.3 Å². The Morgan fingerprint density at radius 2 is 2.21 bits per heavy atom. The van der Waals surface area contributed by atoms with Gasteiger partial charge in [-0.05, 0) is 25.5 Å². The Labute approximate surface area is 113 Å². The number of amides is 1. The van der Waals surface area contributed by atoms with Gasteiger partial charge in [-0.2, -0.15) is 5.10 Å². The summed E-state index contributed by atoms with van der Waals surface area (Å²) in [6.07, 6.45) is 1.52. The van der Waals surface area contributed by atoms with Crippen LogP contribution in [0.25, 0.3) is 0 Å². The van der Waals surface area contributed by atoms with Crippen LogP contribution in [0.15, 0.2) is 12.3 Å². The summed E-state index contributed by atoms with van der Waals surface area (Å²) in [5.41, 5.74) is 1.14. The van der Waals surface area contributed by atoms with Crippen LogP contribution in [-0.2, 0) is 11.2 Å². The third-order valence-electron chi connectivity index (χ3n) is 2.59. The normalized spacial score (nSPS) is 10.4. The summed E-state index contributed by atoms with van der Waals surface area (Å²) in [6.45, 7) is 3.93. The van der Waals surface area contributed by atoms with Crippen molar-refractivity contribution in [2.75, 3.05) is 5.32 Å². The van der Waals surface area contributed by atoms with Crippen molar-refractivity contribution in [3.63, 3.8) is 0 Å². The van der Waals surface area contributed by atoms with E-state index in [1.165, 1.54) is 6.20 Å². The maximum atomic E-state index is 11.9. The van der Waals surface area contributed by atoms with Gasteiger partial charge in [0.15, 0.2) is 5.69 Å². The SMILES string of the molecule is Cc1cc(C)c(CC(=O)Nc2cn[nH]c2C(=O)O)s1. The van der Waals surface area contributed by atoms with Crippen molar-refractivity contribution in [1.29, 1.82) is 0 Å². The molecule has 2 heterocycles. The summed E-state index contributed by atoms with van der Waals surface area (Å²) < 4.78 is 0. The first-order valence-electron chi connectivity index (χ1n) is 5.60. The Morgan fingerprint density at radius 3 is 2.79 bits per heavy atom. The molecule has 0 radical (unpaired) electrons. The zero-order valence-corrected chi connectivity index (χ0v) is 11.3. The molecular weight excluding hydrogens is 266 g/mol. The van der Waals surface area contributed by atoms with Crippen molar-refractivity contribution in [2.45, 2.75) is 20.3 Å². The van der Waals surface area contributed by atoms with Crippen molar-refractivity contribution in [3.05, 3.63) is 33.3 Å². The zero-order valence-electron chi connectivity index (χ0n) is 10.5. The summed E-state index contributed by atoms with van der Waals surface area (Å²) in [7, 11) is 0. The standard InChI is InChI=1S/C12H13N3O3S/c1-6-3-7(2)19-9(6)4-10(16)14-8-5-13-15-11(8)12(17)18/h3,5H,4H2,1-2H3,(H,13,15)(H,14,16)(H,17,18). The van der Waals surface area contributed by atoms with E-state index in [0.717, 1.165) is 15.3 Å². The molecule has 0 aliphatic heterocycles. The molecule has 0 atom stereocenters. The highest BCUT2D eigenvalue weighted by Crippen LogP contribution is 2.22. The first-order valence-corrected chi connectivity index (χ1v) is 6.41. The molecule has 0 saturated heterocycles. The fourth-order valence-corrected chi connectivity index (χ4v) is 2.80. The van der Waals surface area contributed by atoms with Crippen molar-refractivity contribution in [1.82, 2.24) is 10.2 Å². The molecule has 1 amide bonds. The summed E-state index contributed by atoms with van der Waals surface area (Å²) in [5.74, 6) is -1.41. The maximum Gasteiger partial charge on any atom is 0.356 e. The molecule has 0 spiro atoms. The predicted octanol–water partition coefficient (Wildman–Crippen LogP) is 1.97. The minimum atomic E-state index is -1.16. The van der Waals surface area contributed by atoms with Crippen molar-refractivity contribution >= 4 is 28.9 Å². The lowest BCUT2D eigenvalue weighted by molar-refractivity contribution is -0.115. The van der Waals surface area contributed by atoms with E-state index in [0.29, 0.717) is 0 Å². The van der Waals surface area contributed by atoms with Gasteiger partial charge in [0.1, 0.15) is 0 Å². The average Bonchev–Trinajstić information content (AvgIpc) is 2.86. The Kier molecular flexibility index (Phi) is 3.66. The molecule has 100 valence electrons. The molecule has 7 heteroatoms. The lowest BCUT2D eigenvalue weighted by atomic mass is 10.2. The molecule has 0 fully saturated rings. The van der Waals surface area contributed by atoms with Crippen molar-refractivity contribution < 1.29 is 14.7 Å². The Balaban J connectivity index is 2.07. The quantitative estimate of drug-likeness (QED) is 0.797. The summed E-state index contributed by atoms with van der Waals surface area (Å²) in [5, 5.41) is 17.4. The summed E-state index contributed by atoms with van der Waals surface area (Å²) >= 11 is 1.57. The number of carbonyl (C=O) groups is 2. The van der Waals surface area contributed by atoms with Crippen LogP contribution >= 0.6 is 11.3 Å². The van der Waals surface area contributed by atoms with E-state index in [2.05, 4.69) is 15.5 Å². The maximum absolute atomic E-state index is 11.9. The summed E-state index contributed by atoms with van der Waals surface area (Å²) in [6, 6.07) is 2.02. The van der Waals surface area contributed by atoms with Crippen LogP contribution < -0.4 is 5.32 Å². The molecule has 19 heavy (non-hydrogen) atoms. The van der Waals surface area contributed by atoms with Gasteiger partial charge in [-0.25, -0.2) is 4.79 Å². The predicted molar refractivity (Wildman–Crippen MR) is 71.7 cm³/mol. The Hall–Kier alpha value is -2.15. The fourth-order valence-electron chi connectivity index (χ4n) is 1.75. The minimum absolute atomic E-state index is 0.118. The van der Waals surface area contributed by atoms with Crippen LogP contribution in [0.1, 0.15) is 25.8 Å². The monoisotopic (exact) mass is 279 g/mol. The average molecular weight is 279 g/mol. The van der Waals surface area contributed by atoms with E-state index < -0.39 is 5.97 Å². The molecule has 0 aliphatic rings. The molecule has 2 aromatic rings. The van der Waals surface area contributed by atoms with E-state index >= 15 is 0 Å². The molecule has 0 aliphatic carbocycles. The third-order valence-corrected chi connectivity index (χ3v) is 3.74. The number of carbonyl (C=O) groups excluding carboxylic acids is 1. The van der Waals surface area contributed by atoms with Crippen LogP contribution in [0.5, 0.6) is 0 Å². The number of aromatic carboxylic acids is 1. The third kappa shape index (κ3) is 3.00. The Morgan fingerprint density at radius 1 is 1.47 bits per heavy atom. The van der Waals surface area contributed by atoms with Gasteiger partial charge < -0.3 is 10.4 Å². The number of aromatic amines is 1. The number of carboxylic acid groups (broad SMARTS) is 1. The highest BCUT2D eigenvalue weighted by Gasteiger charge is 2.15. The van der Waals surface area contributed by atoms with Gasteiger partial charge in [-0.3, -0.25) is 9.89 Å². The van der Waals surface area contributed by atoms with Gasteiger partial charge in [0.25, 0.3) is 0 Å². The zero-order chi connectivity index (χ0) is 14.0. The van der Waals surface area contributed by atoms with E-state index in [1.807, 2.05) is 19.9 Å². The lowest BCUT2D eigenvalue weighted by Gasteiger charge is -2.03. The van der Waals surface area contributed by atoms with Gasteiger partial charge in [0, 0.05) is 9.75 Å². The molecule has 0 saturated carbocycles. The van der Waals surface area contributed by atoms with E-state index in [4.69, 9.17) is 5.11 Å². The molecule has 2 aromatic heterocycles. The summed E-state index contributed by atoms with van der Waals surface area (Å²) in [4.78, 5) is 24.9. The number of H-pyrrole nitrogens is 1. The lowest BCUT2D eigenvalue weighted by Crippen LogP contribution is -2.16. The van der Waals surface area contributed by atoms with Crippen molar-refractivity contribution in [3.8, 4) is 0 Å². The van der Waals surface area contributed by atoms with Gasteiger partial charge in [0.05, 0.1) is 18.3 Å². The Bertz CT molecular complexity index is 630. The van der Waals surface area contributed by atoms with E-state index in [-0.39, 0.29) is 23.7 Å². The number of carboxylic acids is 1. The number of aromatic nitrogens is 2. The molecule has 0 bridgehead atoms. The number of nitrogens with zero attached hydrogens (tertiary/aromatic N) is 1. The number of hydrogen-bond acceptors (Lipinski definition) is 4. The fraction of sp³-hybridized carbons (Fsp3) is 0.250. The molecule has 2 rings (SSSR count). The largest absolute Gasteiger partial charge is 0.476 e. The second-order valence-corrected chi connectivity index (χ2v) is 5.49. The number of anilines is 1. The molecule has 6 nitrogen and oxygen atoms in total. The van der Waals surface area contributed by atoms with Gasteiger partial charge in [-0.1, -0.05) is 0 Å². The first-order chi connectivity index (χ1) is 8.97. The van der Waals surface area contributed by atoms with E-state index in [1.54, 1.807) is 11.3 Å². The number of rotatable bonds is 4. The van der Waals surface area contributed by atoms with Crippen LogP contribution in [0.4, 0.5) is 5.69 Å². The highest BCUT2D eigenvalue weighted by atomic mass is 32.1. The molecule has 0 unspecified atom stereocenters. The van der Waals surface area contributed by atoms with Gasteiger partial charge in [0.2, 0.25) is 5.91 Å². The first kappa shape index (κ1) is 13.3. The minimum Gasteiger partial charge on any atom is -0.476 e. The van der Waals surface area contributed by atoms with Crippen LogP contribution in [0.3, 0.4) is 0 Å². The molecular formula is C12H13N3O3S. The second kappa shape index (κ2) is 5.23. The number of aryl methyl sites for hydroxylation is 2.